The van der Waals surface area contributed by atoms with E-state index in [1.165, 1.54) is 0 Å². The summed E-state index contributed by atoms with van der Waals surface area (Å²) in [5.41, 5.74) is 7.18. The number of esters is 1. The molecule has 0 unspecified atom stereocenters. The fourth-order valence-corrected chi connectivity index (χ4v) is 4.99. The van der Waals surface area contributed by atoms with Crippen LogP contribution in [0.5, 0.6) is 11.5 Å². The van der Waals surface area contributed by atoms with Crippen LogP contribution in [-0.4, -0.2) is 5.97 Å². The van der Waals surface area contributed by atoms with Gasteiger partial charge in [-0.15, -0.1) is 0 Å². The summed E-state index contributed by atoms with van der Waals surface area (Å²) in [5, 5.41) is 3.66. The van der Waals surface area contributed by atoms with E-state index in [4.69, 9.17) is 9.47 Å². The van der Waals surface area contributed by atoms with Gasteiger partial charge in [0.05, 0.1) is 11.3 Å². The maximum Gasteiger partial charge on any atom is 0.340 e. The smallest absolute Gasteiger partial charge is 0.340 e. The molecule has 0 bridgehead atoms. The second kappa shape index (κ2) is 6.97. The molecule has 1 N–H and O–H groups in total. The van der Waals surface area contributed by atoms with E-state index >= 15 is 0 Å². The number of benzene rings is 4. The molecule has 2 aliphatic heterocycles. The van der Waals surface area contributed by atoms with Crippen molar-refractivity contribution in [3.05, 3.63) is 118 Å². The number of para-hydroxylation sites is 2. The van der Waals surface area contributed by atoms with Crippen LogP contribution in [0.4, 0.5) is 11.4 Å². The molecular formula is C29H23NO3. The molecule has 0 atom stereocenters. The fraction of sp³-hybridized carbons (Fsp3) is 0.138. The molecule has 0 fully saturated rings. The monoisotopic (exact) mass is 433 g/mol. The predicted octanol–water partition coefficient (Wildman–Crippen LogP) is 6.92. The minimum Gasteiger partial charge on any atom is -0.456 e. The molecule has 4 aromatic rings. The fourth-order valence-electron chi connectivity index (χ4n) is 4.99. The van der Waals surface area contributed by atoms with Crippen LogP contribution in [0.15, 0.2) is 78.9 Å². The Bertz CT molecular complexity index is 1410. The lowest BCUT2D eigenvalue weighted by Crippen LogP contribution is -2.33. The number of carbonyl (C=O) groups is 1. The highest BCUT2D eigenvalue weighted by atomic mass is 16.6. The highest BCUT2D eigenvalue weighted by Crippen LogP contribution is 2.58. The van der Waals surface area contributed by atoms with Gasteiger partial charge in [0.1, 0.15) is 11.5 Å². The molecule has 0 saturated heterocycles. The van der Waals surface area contributed by atoms with E-state index in [2.05, 4.69) is 44.3 Å². The standard InChI is InChI=1S/C29H23NO3/c1-17-12-13-18(2)23(16-17)30-27-19(3)14-15-20-26(27)29(33-28(20)31)21-8-4-6-10-24(21)32-25-11-7-5-9-22(25)29/h4-16,30H,1-3H3. The van der Waals surface area contributed by atoms with Gasteiger partial charge in [-0.2, -0.15) is 0 Å². The Morgan fingerprint density at radius 3 is 2.09 bits per heavy atom. The van der Waals surface area contributed by atoms with E-state index in [0.717, 1.165) is 44.8 Å². The van der Waals surface area contributed by atoms with Crippen LogP contribution in [0.25, 0.3) is 0 Å². The first-order valence-corrected chi connectivity index (χ1v) is 11.1. The molecule has 0 amide bonds. The molecule has 0 aromatic heterocycles. The van der Waals surface area contributed by atoms with E-state index < -0.39 is 5.60 Å². The molecule has 162 valence electrons. The number of rotatable bonds is 2. The van der Waals surface area contributed by atoms with Crippen molar-refractivity contribution in [2.75, 3.05) is 5.32 Å². The van der Waals surface area contributed by atoms with Gasteiger partial charge in [0.2, 0.25) is 0 Å². The average Bonchev–Trinajstić information content (AvgIpc) is 3.11. The third kappa shape index (κ3) is 2.74. The van der Waals surface area contributed by atoms with Crippen LogP contribution in [0.3, 0.4) is 0 Å². The molecule has 0 radical (unpaired) electrons. The number of anilines is 2. The molecule has 33 heavy (non-hydrogen) atoms. The maximum absolute atomic E-state index is 13.3. The Labute approximate surface area is 192 Å². The summed E-state index contributed by atoms with van der Waals surface area (Å²) < 4.78 is 12.6. The Kier molecular flexibility index (Phi) is 4.15. The van der Waals surface area contributed by atoms with Gasteiger partial charge < -0.3 is 14.8 Å². The maximum atomic E-state index is 13.3. The van der Waals surface area contributed by atoms with Crippen molar-refractivity contribution in [1.29, 1.82) is 0 Å². The number of hydrogen-bond donors (Lipinski definition) is 1. The van der Waals surface area contributed by atoms with Gasteiger partial charge in [0.25, 0.3) is 0 Å². The molecule has 2 heterocycles. The topological polar surface area (TPSA) is 47.6 Å². The minimum atomic E-state index is -1.09. The van der Waals surface area contributed by atoms with Crippen molar-refractivity contribution >= 4 is 17.3 Å². The van der Waals surface area contributed by atoms with Gasteiger partial charge in [-0.25, -0.2) is 4.79 Å². The first-order valence-electron chi connectivity index (χ1n) is 11.1. The zero-order valence-electron chi connectivity index (χ0n) is 18.7. The lowest BCUT2D eigenvalue weighted by atomic mass is 9.76. The van der Waals surface area contributed by atoms with Gasteiger partial charge in [-0.3, -0.25) is 0 Å². The van der Waals surface area contributed by atoms with Crippen molar-refractivity contribution in [3.8, 4) is 11.5 Å². The first kappa shape index (κ1) is 19.6. The van der Waals surface area contributed by atoms with Gasteiger partial charge in [-0.1, -0.05) is 54.6 Å². The minimum absolute atomic E-state index is 0.333. The Morgan fingerprint density at radius 1 is 0.758 bits per heavy atom. The second-order valence-electron chi connectivity index (χ2n) is 8.79. The summed E-state index contributed by atoms with van der Waals surface area (Å²) in [7, 11) is 0. The number of carbonyl (C=O) groups excluding carboxylic acids is 1. The summed E-state index contributed by atoms with van der Waals surface area (Å²) in [5.74, 6) is 1.05. The van der Waals surface area contributed by atoms with Crippen molar-refractivity contribution < 1.29 is 14.3 Å². The van der Waals surface area contributed by atoms with Gasteiger partial charge >= 0.3 is 5.97 Å². The Morgan fingerprint density at radius 2 is 1.39 bits per heavy atom. The summed E-state index contributed by atoms with van der Waals surface area (Å²) in [6, 6.07) is 25.8. The molecule has 4 heteroatoms. The number of hydrogen-bond acceptors (Lipinski definition) is 4. The lowest BCUT2D eigenvalue weighted by molar-refractivity contribution is 0.0226. The summed E-state index contributed by atoms with van der Waals surface area (Å²) in [4.78, 5) is 13.3. The number of aryl methyl sites for hydroxylation is 3. The third-order valence-electron chi connectivity index (χ3n) is 6.64. The molecule has 2 aliphatic rings. The highest BCUT2D eigenvalue weighted by molar-refractivity contribution is 6.00. The van der Waals surface area contributed by atoms with Crippen LogP contribution in [0.1, 0.15) is 43.7 Å². The van der Waals surface area contributed by atoms with Gasteiger partial charge in [0, 0.05) is 22.4 Å². The predicted molar refractivity (Wildman–Crippen MR) is 129 cm³/mol. The molecule has 4 aromatic carbocycles. The first-order chi connectivity index (χ1) is 16.0. The van der Waals surface area contributed by atoms with Crippen LogP contribution >= 0.6 is 0 Å². The van der Waals surface area contributed by atoms with Gasteiger partial charge in [0.15, 0.2) is 5.60 Å². The number of ether oxygens (including phenoxy) is 2. The van der Waals surface area contributed by atoms with Crippen molar-refractivity contribution in [2.24, 2.45) is 0 Å². The van der Waals surface area contributed by atoms with Crippen molar-refractivity contribution in [3.63, 3.8) is 0 Å². The van der Waals surface area contributed by atoms with E-state index in [0.29, 0.717) is 17.1 Å². The van der Waals surface area contributed by atoms with Crippen LogP contribution in [0, 0.1) is 20.8 Å². The van der Waals surface area contributed by atoms with Crippen LogP contribution < -0.4 is 10.1 Å². The molecule has 0 aliphatic carbocycles. The zero-order chi connectivity index (χ0) is 22.7. The number of nitrogens with one attached hydrogen (secondary N) is 1. The van der Waals surface area contributed by atoms with Crippen LogP contribution in [0.2, 0.25) is 0 Å². The normalized spacial score (nSPS) is 14.7. The highest BCUT2D eigenvalue weighted by Gasteiger charge is 2.55. The van der Waals surface area contributed by atoms with E-state index in [9.17, 15) is 4.79 Å². The second-order valence-corrected chi connectivity index (χ2v) is 8.79. The van der Waals surface area contributed by atoms with E-state index in [1.807, 2.05) is 60.7 Å². The molecule has 1 spiro atoms. The summed E-state index contributed by atoms with van der Waals surface area (Å²) >= 11 is 0. The van der Waals surface area contributed by atoms with Crippen LogP contribution in [-0.2, 0) is 10.3 Å². The molecular weight excluding hydrogens is 410 g/mol. The lowest BCUT2D eigenvalue weighted by Gasteiger charge is -2.37. The Balaban J connectivity index is 1.69. The van der Waals surface area contributed by atoms with Crippen molar-refractivity contribution in [1.82, 2.24) is 0 Å². The molecule has 0 saturated carbocycles. The Hall–Kier alpha value is -4.05. The summed E-state index contributed by atoms with van der Waals surface area (Å²) in [6.07, 6.45) is 0. The quantitative estimate of drug-likeness (QED) is 0.349. The van der Waals surface area contributed by atoms with Gasteiger partial charge in [-0.05, 0) is 61.7 Å². The van der Waals surface area contributed by atoms with Crippen molar-refractivity contribution in [2.45, 2.75) is 26.4 Å². The van der Waals surface area contributed by atoms with E-state index in [1.54, 1.807) is 0 Å². The SMILES string of the molecule is Cc1ccc(C)c(Nc2c(C)ccc3c2C2(OC3=O)c3ccccc3Oc3ccccc32)c1. The zero-order valence-corrected chi connectivity index (χ0v) is 18.7. The number of fused-ring (bicyclic) bond motifs is 6. The van der Waals surface area contributed by atoms with E-state index in [-0.39, 0.29) is 5.97 Å². The molecule has 6 rings (SSSR count). The summed E-state index contributed by atoms with van der Waals surface area (Å²) in [6.45, 7) is 6.21. The molecule has 4 nitrogen and oxygen atoms in total. The third-order valence-corrected chi connectivity index (χ3v) is 6.64. The largest absolute Gasteiger partial charge is 0.456 e. The average molecular weight is 434 g/mol.